The number of aromatic nitrogens is 2. The third-order valence-corrected chi connectivity index (χ3v) is 2.18. The monoisotopic (exact) mass is 221 g/mol. The van der Waals surface area contributed by atoms with Gasteiger partial charge in [-0.2, -0.15) is 4.98 Å². The van der Waals surface area contributed by atoms with E-state index < -0.39 is 0 Å². The number of hydrogen-bond acceptors (Lipinski definition) is 4. The fourth-order valence-electron chi connectivity index (χ4n) is 1.43. The minimum absolute atomic E-state index is 0.267. The average molecular weight is 221 g/mol. The molecule has 0 saturated carbocycles. The van der Waals surface area contributed by atoms with Gasteiger partial charge in [0.05, 0.1) is 0 Å². The van der Waals surface area contributed by atoms with Gasteiger partial charge in [0.25, 0.3) is 0 Å². The van der Waals surface area contributed by atoms with Crippen molar-refractivity contribution in [3.8, 4) is 11.4 Å². The summed E-state index contributed by atoms with van der Waals surface area (Å²) >= 11 is 0. The molecule has 0 radical (unpaired) electrons. The minimum Gasteiger partial charge on any atom is -0.338 e. The summed E-state index contributed by atoms with van der Waals surface area (Å²) in [6.07, 6.45) is 0. The normalized spacial score (nSPS) is 10.4. The van der Waals surface area contributed by atoms with Crippen molar-refractivity contribution in [2.24, 2.45) is 0 Å². The maximum absolute atomic E-state index is 12.9. The number of aryl methyl sites for hydroxylation is 1. The maximum atomic E-state index is 12.9. The number of benzene rings is 1. The first kappa shape index (κ1) is 10.6. The zero-order valence-corrected chi connectivity index (χ0v) is 9.12. The molecule has 16 heavy (non-hydrogen) atoms. The highest BCUT2D eigenvalue weighted by molar-refractivity contribution is 5.60. The van der Waals surface area contributed by atoms with Crippen LogP contribution in [0.2, 0.25) is 0 Å². The van der Waals surface area contributed by atoms with Gasteiger partial charge in [-0.25, -0.2) is 4.39 Å². The predicted octanol–water partition coefficient (Wildman–Crippen LogP) is 2.62. The van der Waals surface area contributed by atoms with Gasteiger partial charge in [-0.05, 0) is 37.6 Å². The lowest BCUT2D eigenvalue weighted by Crippen LogP contribution is -1.96. The summed E-state index contributed by atoms with van der Waals surface area (Å²) in [6, 6.07) is 4.84. The Balaban J connectivity index is 2.35. The van der Waals surface area contributed by atoms with Crippen LogP contribution in [0.1, 0.15) is 12.5 Å². The molecule has 5 heteroatoms. The van der Waals surface area contributed by atoms with Crippen LogP contribution in [0.15, 0.2) is 22.7 Å². The van der Waals surface area contributed by atoms with Crippen molar-refractivity contribution >= 4 is 6.01 Å². The van der Waals surface area contributed by atoms with Gasteiger partial charge >= 0.3 is 6.01 Å². The second-order valence-electron chi connectivity index (χ2n) is 3.41. The molecule has 0 atom stereocenters. The molecular formula is C11H12FN3O. The molecule has 0 unspecified atom stereocenters. The summed E-state index contributed by atoms with van der Waals surface area (Å²) in [5, 5.41) is 6.74. The molecule has 0 bridgehead atoms. The largest absolute Gasteiger partial charge is 0.338 e. The maximum Gasteiger partial charge on any atom is 0.321 e. The molecule has 0 spiro atoms. The van der Waals surface area contributed by atoms with Crippen LogP contribution in [0, 0.1) is 12.7 Å². The summed E-state index contributed by atoms with van der Waals surface area (Å²) in [6.45, 7) is 4.46. The molecule has 0 saturated heterocycles. The second-order valence-corrected chi connectivity index (χ2v) is 3.41. The van der Waals surface area contributed by atoms with Crippen LogP contribution in [0.5, 0.6) is 0 Å². The van der Waals surface area contributed by atoms with E-state index in [4.69, 9.17) is 4.52 Å². The molecule has 2 rings (SSSR count). The van der Waals surface area contributed by atoms with Gasteiger partial charge in [0.1, 0.15) is 5.82 Å². The van der Waals surface area contributed by atoms with Crippen molar-refractivity contribution in [3.63, 3.8) is 0 Å². The molecule has 0 aliphatic heterocycles. The van der Waals surface area contributed by atoms with Gasteiger partial charge in [0, 0.05) is 12.1 Å². The lowest BCUT2D eigenvalue weighted by atomic mass is 10.1. The Labute approximate surface area is 92.5 Å². The van der Waals surface area contributed by atoms with Gasteiger partial charge in [0.15, 0.2) is 0 Å². The average Bonchev–Trinajstić information content (AvgIpc) is 2.67. The number of hydrogen-bond donors (Lipinski definition) is 1. The van der Waals surface area contributed by atoms with Crippen LogP contribution < -0.4 is 5.32 Å². The molecule has 0 fully saturated rings. The molecule has 1 N–H and O–H groups in total. The number of nitrogens with one attached hydrogen (secondary N) is 1. The summed E-state index contributed by atoms with van der Waals surface area (Å²) in [5.41, 5.74) is 1.55. The van der Waals surface area contributed by atoms with Crippen LogP contribution in [-0.4, -0.2) is 16.7 Å². The van der Waals surface area contributed by atoms with Gasteiger partial charge in [-0.1, -0.05) is 5.16 Å². The van der Waals surface area contributed by atoms with Crippen molar-refractivity contribution in [1.29, 1.82) is 0 Å². The van der Waals surface area contributed by atoms with Crippen molar-refractivity contribution in [2.45, 2.75) is 13.8 Å². The summed E-state index contributed by atoms with van der Waals surface area (Å²) in [4.78, 5) is 4.15. The molecular weight excluding hydrogens is 209 g/mol. The first-order valence-electron chi connectivity index (χ1n) is 5.05. The first-order valence-corrected chi connectivity index (χ1v) is 5.05. The second kappa shape index (κ2) is 4.30. The van der Waals surface area contributed by atoms with Gasteiger partial charge < -0.3 is 9.84 Å². The summed E-state index contributed by atoms with van der Waals surface area (Å²) in [7, 11) is 0. The van der Waals surface area contributed by atoms with Crippen LogP contribution >= 0.6 is 0 Å². The molecule has 0 aliphatic rings. The Bertz CT molecular complexity index is 496. The zero-order chi connectivity index (χ0) is 11.5. The highest BCUT2D eigenvalue weighted by Crippen LogP contribution is 2.22. The van der Waals surface area contributed by atoms with E-state index in [1.807, 2.05) is 13.8 Å². The number of anilines is 1. The van der Waals surface area contributed by atoms with E-state index in [9.17, 15) is 4.39 Å². The van der Waals surface area contributed by atoms with Crippen LogP contribution in [-0.2, 0) is 0 Å². The Morgan fingerprint density at radius 1 is 1.44 bits per heavy atom. The molecule has 84 valence electrons. The predicted molar refractivity (Wildman–Crippen MR) is 58.6 cm³/mol. The van der Waals surface area contributed by atoms with Crippen LogP contribution in [0.4, 0.5) is 10.4 Å². The molecule has 2 aromatic rings. The molecule has 1 aromatic heterocycles. The lowest BCUT2D eigenvalue weighted by molar-refractivity contribution is 0.432. The Hall–Kier alpha value is -1.91. The third-order valence-electron chi connectivity index (χ3n) is 2.18. The fourth-order valence-corrected chi connectivity index (χ4v) is 1.43. The van der Waals surface area contributed by atoms with Gasteiger partial charge in [-0.3, -0.25) is 0 Å². The summed E-state index contributed by atoms with van der Waals surface area (Å²) in [5.74, 6) is 0.199. The lowest BCUT2D eigenvalue weighted by Gasteiger charge is -1.99. The highest BCUT2D eigenvalue weighted by atomic mass is 19.1. The van der Waals surface area contributed by atoms with E-state index in [0.717, 1.165) is 11.1 Å². The quantitative estimate of drug-likeness (QED) is 0.865. The van der Waals surface area contributed by atoms with Crippen LogP contribution in [0.3, 0.4) is 0 Å². The third kappa shape index (κ3) is 2.03. The Morgan fingerprint density at radius 2 is 2.25 bits per heavy atom. The van der Waals surface area contributed by atoms with Gasteiger partial charge in [0.2, 0.25) is 5.82 Å². The SMILES string of the molecule is CCNc1nc(-c2ccc(F)cc2C)no1. The molecule has 0 amide bonds. The van der Waals surface area contributed by atoms with E-state index in [-0.39, 0.29) is 5.82 Å². The van der Waals surface area contributed by atoms with E-state index in [1.54, 1.807) is 6.07 Å². The van der Waals surface area contributed by atoms with Crippen molar-refractivity contribution < 1.29 is 8.91 Å². The molecule has 1 aromatic carbocycles. The van der Waals surface area contributed by atoms with Crippen molar-refractivity contribution in [3.05, 3.63) is 29.6 Å². The van der Waals surface area contributed by atoms with Gasteiger partial charge in [-0.15, -0.1) is 0 Å². The van der Waals surface area contributed by atoms with E-state index >= 15 is 0 Å². The van der Waals surface area contributed by atoms with Crippen molar-refractivity contribution in [2.75, 3.05) is 11.9 Å². The summed E-state index contributed by atoms with van der Waals surface area (Å²) < 4.78 is 17.9. The van der Waals surface area contributed by atoms with Crippen molar-refractivity contribution in [1.82, 2.24) is 10.1 Å². The molecule has 1 heterocycles. The van der Waals surface area contributed by atoms with E-state index in [1.165, 1.54) is 12.1 Å². The smallest absolute Gasteiger partial charge is 0.321 e. The topological polar surface area (TPSA) is 51.0 Å². The molecule has 0 aliphatic carbocycles. The zero-order valence-electron chi connectivity index (χ0n) is 9.12. The number of nitrogens with zero attached hydrogens (tertiary/aromatic N) is 2. The fraction of sp³-hybridized carbons (Fsp3) is 0.273. The van der Waals surface area contributed by atoms with E-state index in [0.29, 0.717) is 18.4 Å². The van der Waals surface area contributed by atoms with E-state index in [2.05, 4.69) is 15.5 Å². The molecule has 4 nitrogen and oxygen atoms in total. The minimum atomic E-state index is -0.267. The number of rotatable bonds is 3. The highest BCUT2D eigenvalue weighted by Gasteiger charge is 2.10. The number of halogens is 1. The standard InChI is InChI=1S/C11H12FN3O/c1-3-13-11-14-10(15-16-11)9-5-4-8(12)6-7(9)2/h4-6H,3H2,1-2H3,(H,13,14,15). The first-order chi connectivity index (χ1) is 7.70. The Morgan fingerprint density at radius 3 is 2.94 bits per heavy atom. The Kier molecular flexibility index (Phi) is 2.85. The van der Waals surface area contributed by atoms with Crippen LogP contribution in [0.25, 0.3) is 11.4 Å².